The Kier molecular flexibility index (Phi) is 6.54. The van der Waals surface area contributed by atoms with Crippen molar-refractivity contribution in [3.63, 3.8) is 0 Å². The first-order chi connectivity index (χ1) is 7.06. The molecular formula is C9H13NO4S. The van der Waals surface area contributed by atoms with Gasteiger partial charge >= 0.3 is 11.9 Å². The summed E-state index contributed by atoms with van der Waals surface area (Å²) in [5.74, 6) is -0.955. The zero-order valence-electron chi connectivity index (χ0n) is 8.85. The summed E-state index contributed by atoms with van der Waals surface area (Å²) in [5.41, 5.74) is 0. The van der Waals surface area contributed by atoms with Crippen molar-refractivity contribution in [2.45, 2.75) is 12.2 Å². The maximum absolute atomic E-state index is 11.0. The van der Waals surface area contributed by atoms with Gasteiger partial charge < -0.3 is 9.47 Å². The van der Waals surface area contributed by atoms with Gasteiger partial charge in [-0.25, -0.2) is 4.79 Å². The van der Waals surface area contributed by atoms with Crippen molar-refractivity contribution in [2.24, 2.45) is 5.92 Å². The van der Waals surface area contributed by atoms with Crippen LogP contribution in [0.5, 0.6) is 0 Å². The maximum Gasteiger partial charge on any atom is 0.333 e. The maximum atomic E-state index is 11.0. The van der Waals surface area contributed by atoms with Gasteiger partial charge in [-0.3, -0.25) is 4.79 Å². The zero-order chi connectivity index (χ0) is 11.8. The largest absolute Gasteiger partial charge is 0.469 e. The first kappa shape index (κ1) is 13.8. The third-order valence-corrected chi connectivity index (χ3v) is 2.97. The summed E-state index contributed by atoms with van der Waals surface area (Å²) in [4.78, 5) is 22.0. The predicted molar refractivity (Wildman–Crippen MR) is 55.1 cm³/mol. The molecule has 1 unspecified atom stereocenters. The summed E-state index contributed by atoms with van der Waals surface area (Å²) in [5, 5.41) is 7.76. The lowest BCUT2D eigenvalue weighted by molar-refractivity contribution is -0.144. The third kappa shape index (κ3) is 4.70. The van der Waals surface area contributed by atoms with E-state index in [0.29, 0.717) is 5.75 Å². The number of ether oxygens (including phenoxy) is 2. The molecule has 5 nitrogen and oxygen atoms in total. The summed E-state index contributed by atoms with van der Waals surface area (Å²) in [6.07, 6.45) is 0. The normalized spacial score (nSPS) is 13.5. The van der Waals surface area contributed by atoms with Crippen LogP contribution < -0.4 is 0 Å². The Morgan fingerprint density at radius 1 is 1.33 bits per heavy atom. The molecule has 0 heterocycles. The molecule has 0 spiro atoms. The van der Waals surface area contributed by atoms with Crippen LogP contribution in [0.25, 0.3) is 0 Å². The van der Waals surface area contributed by atoms with Crippen molar-refractivity contribution in [3.05, 3.63) is 0 Å². The van der Waals surface area contributed by atoms with Crippen molar-refractivity contribution >= 4 is 23.7 Å². The van der Waals surface area contributed by atoms with Crippen molar-refractivity contribution in [2.75, 3.05) is 20.0 Å². The van der Waals surface area contributed by atoms with Gasteiger partial charge in [-0.15, -0.1) is 11.8 Å². The highest BCUT2D eigenvalue weighted by molar-refractivity contribution is 8.00. The highest BCUT2D eigenvalue weighted by Gasteiger charge is 2.22. The minimum Gasteiger partial charge on any atom is -0.469 e. The van der Waals surface area contributed by atoms with Crippen LogP contribution in [0.2, 0.25) is 0 Å². The molecule has 0 radical (unpaired) electrons. The van der Waals surface area contributed by atoms with E-state index in [1.807, 2.05) is 0 Å². The Labute approximate surface area is 92.7 Å². The number of hydrogen-bond acceptors (Lipinski definition) is 6. The molecule has 0 amide bonds. The number of esters is 2. The zero-order valence-corrected chi connectivity index (χ0v) is 9.67. The number of thioether (sulfide) groups is 1. The van der Waals surface area contributed by atoms with Crippen LogP contribution in [0.1, 0.15) is 6.92 Å². The van der Waals surface area contributed by atoms with Crippen LogP contribution in [0.3, 0.4) is 0 Å². The number of nitriles is 1. The molecule has 6 heteroatoms. The number of carbonyl (C=O) groups excluding carboxylic acids is 2. The Hall–Kier alpha value is -1.22. The highest BCUT2D eigenvalue weighted by atomic mass is 32.2. The second-order valence-electron chi connectivity index (χ2n) is 2.79. The van der Waals surface area contributed by atoms with Gasteiger partial charge in [-0.2, -0.15) is 5.26 Å². The number of hydrogen-bond donors (Lipinski definition) is 0. The number of rotatable bonds is 5. The molecule has 0 fully saturated rings. The molecule has 0 saturated carbocycles. The summed E-state index contributed by atoms with van der Waals surface area (Å²) in [6, 6.07) is 1.80. The standard InChI is InChI=1S/C9H13NO4S/c1-6(8(11)13-2)5-15-7(4-10)9(12)14-3/h6-7H,5H2,1-3H3/t6-,7?/m0/s1. The molecule has 0 bridgehead atoms. The molecule has 0 N–H and O–H groups in total. The van der Waals surface area contributed by atoms with E-state index in [1.54, 1.807) is 13.0 Å². The topological polar surface area (TPSA) is 76.4 Å². The van der Waals surface area contributed by atoms with Gasteiger partial charge in [0, 0.05) is 5.75 Å². The van der Waals surface area contributed by atoms with E-state index in [2.05, 4.69) is 9.47 Å². The second kappa shape index (κ2) is 7.12. The van der Waals surface area contributed by atoms with Crippen LogP contribution in [0.15, 0.2) is 0 Å². The van der Waals surface area contributed by atoms with Crippen LogP contribution in [0.4, 0.5) is 0 Å². The van der Waals surface area contributed by atoms with Crippen molar-refractivity contribution in [1.29, 1.82) is 5.26 Å². The smallest absolute Gasteiger partial charge is 0.333 e. The highest BCUT2D eigenvalue weighted by Crippen LogP contribution is 2.16. The molecule has 0 aromatic rings. The minimum atomic E-state index is -0.887. The van der Waals surface area contributed by atoms with Crippen molar-refractivity contribution < 1.29 is 19.1 Å². The summed E-state index contributed by atoms with van der Waals surface area (Å²) < 4.78 is 8.94. The van der Waals surface area contributed by atoms with E-state index >= 15 is 0 Å². The van der Waals surface area contributed by atoms with E-state index in [1.165, 1.54) is 14.2 Å². The van der Waals surface area contributed by atoms with E-state index < -0.39 is 11.2 Å². The van der Waals surface area contributed by atoms with Crippen LogP contribution in [-0.4, -0.2) is 37.2 Å². The summed E-state index contributed by atoms with van der Waals surface area (Å²) >= 11 is 1.07. The molecule has 15 heavy (non-hydrogen) atoms. The van der Waals surface area contributed by atoms with Gasteiger partial charge in [0.15, 0.2) is 5.25 Å². The number of methoxy groups -OCH3 is 2. The molecular weight excluding hydrogens is 218 g/mol. The molecule has 0 saturated heterocycles. The Morgan fingerprint density at radius 3 is 2.27 bits per heavy atom. The lowest BCUT2D eigenvalue weighted by atomic mass is 10.2. The molecule has 0 rings (SSSR count). The summed E-state index contributed by atoms with van der Waals surface area (Å²) in [6.45, 7) is 1.67. The van der Waals surface area contributed by atoms with E-state index in [0.717, 1.165) is 11.8 Å². The average molecular weight is 231 g/mol. The van der Waals surface area contributed by atoms with Crippen molar-refractivity contribution in [1.82, 2.24) is 0 Å². The molecule has 2 atom stereocenters. The lowest BCUT2D eigenvalue weighted by Gasteiger charge is -2.10. The quantitative estimate of drug-likeness (QED) is 0.645. The molecule has 0 aromatic heterocycles. The average Bonchev–Trinajstić information content (AvgIpc) is 2.27. The van der Waals surface area contributed by atoms with E-state index in [9.17, 15) is 9.59 Å². The molecule has 0 aliphatic heterocycles. The number of nitrogens with zero attached hydrogens (tertiary/aromatic N) is 1. The predicted octanol–water partition coefficient (Wildman–Crippen LogP) is 0.594. The van der Waals surface area contributed by atoms with E-state index in [4.69, 9.17) is 5.26 Å². The van der Waals surface area contributed by atoms with Gasteiger partial charge in [0.05, 0.1) is 26.2 Å². The Bertz CT molecular complexity index is 274. The fraction of sp³-hybridized carbons (Fsp3) is 0.667. The second-order valence-corrected chi connectivity index (χ2v) is 3.93. The van der Waals surface area contributed by atoms with Gasteiger partial charge in [-0.1, -0.05) is 6.92 Å². The SMILES string of the molecule is COC(=O)C(C#N)SC[C@H](C)C(=O)OC. The fourth-order valence-corrected chi connectivity index (χ4v) is 1.70. The van der Waals surface area contributed by atoms with Gasteiger partial charge in [-0.05, 0) is 0 Å². The molecule has 84 valence electrons. The lowest BCUT2D eigenvalue weighted by Crippen LogP contribution is -2.21. The van der Waals surface area contributed by atoms with Crippen molar-refractivity contribution in [3.8, 4) is 6.07 Å². The molecule has 0 aliphatic rings. The Balaban J connectivity index is 4.08. The Morgan fingerprint density at radius 2 is 1.87 bits per heavy atom. The van der Waals surface area contributed by atoms with Crippen LogP contribution in [0, 0.1) is 17.2 Å². The van der Waals surface area contributed by atoms with Crippen LogP contribution >= 0.6 is 11.8 Å². The monoisotopic (exact) mass is 231 g/mol. The van der Waals surface area contributed by atoms with Gasteiger partial charge in [0.2, 0.25) is 0 Å². The third-order valence-electron chi connectivity index (χ3n) is 1.65. The summed E-state index contributed by atoms with van der Waals surface area (Å²) in [7, 11) is 2.52. The van der Waals surface area contributed by atoms with E-state index in [-0.39, 0.29) is 11.9 Å². The molecule has 0 aliphatic carbocycles. The number of carbonyl (C=O) groups is 2. The van der Waals surface area contributed by atoms with Gasteiger partial charge in [0.1, 0.15) is 0 Å². The molecule has 0 aromatic carbocycles. The first-order valence-electron chi connectivity index (χ1n) is 4.23. The van der Waals surface area contributed by atoms with Gasteiger partial charge in [0.25, 0.3) is 0 Å². The first-order valence-corrected chi connectivity index (χ1v) is 5.28. The van der Waals surface area contributed by atoms with Crippen LogP contribution in [-0.2, 0) is 19.1 Å². The minimum absolute atomic E-state index is 0.347. The fourth-order valence-electron chi connectivity index (χ4n) is 0.775.